The van der Waals surface area contributed by atoms with E-state index in [0.717, 1.165) is 41.8 Å². The van der Waals surface area contributed by atoms with E-state index in [2.05, 4.69) is 32.4 Å². The first kappa shape index (κ1) is 22.9. The van der Waals surface area contributed by atoms with Crippen molar-refractivity contribution in [2.75, 3.05) is 44.4 Å². The number of rotatable bonds is 10. The molecule has 0 aromatic carbocycles. The third-order valence-corrected chi connectivity index (χ3v) is 6.87. The zero-order valence-electron chi connectivity index (χ0n) is 17.7. The lowest BCUT2D eigenvalue weighted by Crippen LogP contribution is -2.39. The molecule has 0 unspecified atom stereocenters. The second kappa shape index (κ2) is 11.0. The maximum atomic E-state index is 12.5. The molecule has 1 aliphatic rings. The van der Waals surface area contributed by atoms with Crippen LogP contribution in [0.25, 0.3) is 0 Å². The molecular weight excluding hydrogens is 426 g/mol. The fourth-order valence-electron chi connectivity index (χ4n) is 3.53. The number of carbonyl (C=O) groups excluding carboxylic acids is 1. The molecule has 12 heteroatoms. The predicted octanol–water partition coefficient (Wildman–Crippen LogP) is 1.49. The first-order chi connectivity index (χ1) is 14.5. The summed E-state index contributed by atoms with van der Waals surface area (Å²) in [5.41, 5.74) is -0.0796. The van der Waals surface area contributed by atoms with Crippen LogP contribution in [0, 0.1) is 0 Å². The van der Waals surface area contributed by atoms with Crippen LogP contribution in [0.1, 0.15) is 38.4 Å². The number of ether oxygens (including phenoxy) is 1. The fraction of sp³-hybridized carbons (Fsp3) is 0.722. The van der Waals surface area contributed by atoms with E-state index in [0.29, 0.717) is 31.4 Å². The zero-order chi connectivity index (χ0) is 21.5. The van der Waals surface area contributed by atoms with Crippen LogP contribution in [0.15, 0.2) is 9.13 Å². The summed E-state index contributed by atoms with van der Waals surface area (Å²) < 4.78 is 9.18. The third kappa shape index (κ3) is 5.68. The van der Waals surface area contributed by atoms with Gasteiger partial charge in [-0.15, -0.1) is 10.2 Å². The van der Waals surface area contributed by atoms with Gasteiger partial charge in [0.1, 0.15) is 5.82 Å². The fourth-order valence-corrected chi connectivity index (χ4v) is 5.20. The number of hydrogen-bond acceptors (Lipinski definition) is 9. The quantitative estimate of drug-likeness (QED) is 0.424. The van der Waals surface area contributed by atoms with E-state index in [1.807, 2.05) is 6.92 Å². The number of thioether (sulfide) groups is 1. The minimum absolute atomic E-state index is 0.0769. The van der Waals surface area contributed by atoms with Crippen molar-refractivity contribution < 1.29 is 9.53 Å². The number of hydrogen-bond donors (Lipinski definition) is 1. The molecule has 0 aliphatic carbocycles. The van der Waals surface area contributed by atoms with Crippen LogP contribution in [0.4, 0.5) is 5.13 Å². The lowest BCUT2D eigenvalue weighted by atomic mass is 9.96. The van der Waals surface area contributed by atoms with E-state index in [-0.39, 0.29) is 17.5 Å². The van der Waals surface area contributed by atoms with Crippen molar-refractivity contribution in [3.8, 4) is 0 Å². The summed E-state index contributed by atoms with van der Waals surface area (Å²) in [6.07, 6.45) is 1.73. The molecule has 0 radical (unpaired) electrons. The third-order valence-electron chi connectivity index (χ3n) is 5.02. The molecule has 0 atom stereocenters. The number of nitrogens with one attached hydrogen (secondary N) is 1. The Labute approximate surface area is 184 Å². The van der Waals surface area contributed by atoms with Crippen LogP contribution < -0.4 is 11.0 Å². The van der Waals surface area contributed by atoms with Crippen LogP contribution in [0.2, 0.25) is 0 Å². The Kier molecular flexibility index (Phi) is 8.42. The molecule has 2 aromatic rings. The number of nitrogens with zero attached hydrogens (tertiary/aromatic N) is 6. The molecule has 166 valence electrons. The van der Waals surface area contributed by atoms with Crippen LogP contribution in [-0.4, -0.2) is 74.5 Å². The normalized spacial score (nSPS) is 15.6. The van der Waals surface area contributed by atoms with Gasteiger partial charge in [-0.2, -0.15) is 5.10 Å². The standard InChI is InChI=1S/C18H29N7O3S2/c1-4-24-15(22-25(18(24)27)10-11-28-3)13-6-8-23(9-7-13)12-14(26)19-16-20-21-17(30-16)29-5-2/h13H,4-12H2,1-3H3,(H,19,20,26). The van der Waals surface area contributed by atoms with Crippen molar-refractivity contribution in [2.24, 2.45) is 0 Å². The van der Waals surface area contributed by atoms with Gasteiger partial charge < -0.3 is 4.74 Å². The zero-order valence-corrected chi connectivity index (χ0v) is 19.3. The summed E-state index contributed by atoms with van der Waals surface area (Å²) in [7, 11) is 1.61. The Morgan fingerprint density at radius 1 is 1.30 bits per heavy atom. The summed E-state index contributed by atoms with van der Waals surface area (Å²) in [6.45, 7) is 7.43. The minimum atomic E-state index is -0.0796. The molecule has 0 saturated carbocycles. The topological polar surface area (TPSA) is 107 Å². The number of carbonyl (C=O) groups is 1. The lowest BCUT2D eigenvalue weighted by molar-refractivity contribution is -0.117. The molecule has 1 aliphatic heterocycles. The van der Waals surface area contributed by atoms with Crippen molar-refractivity contribution in [2.45, 2.75) is 50.0 Å². The van der Waals surface area contributed by atoms with Gasteiger partial charge in [0, 0.05) is 19.6 Å². The lowest BCUT2D eigenvalue weighted by Gasteiger charge is -2.30. The summed E-state index contributed by atoms with van der Waals surface area (Å²) >= 11 is 3.01. The summed E-state index contributed by atoms with van der Waals surface area (Å²) in [6, 6.07) is 0. The largest absolute Gasteiger partial charge is 0.383 e. The first-order valence-electron chi connectivity index (χ1n) is 10.2. The van der Waals surface area contributed by atoms with E-state index in [1.54, 1.807) is 23.4 Å². The molecule has 10 nitrogen and oxygen atoms in total. The summed E-state index contributed by atoms with van der Waals surface area (Å²) in [5, 5.41) is 16.0. The second-order valence-electron chi connectivity index (χ2n) is 7.01. The van der Waals surface area contributed by atoms with E-state index >= 15 is 0 Å². The van der Waals surface area contributed by atoms with Crippen LogP contribution in [-0.2, 0) is 22.6 Å². The number of anilines is 1. The van der Waals surface area contributed by atoms with E-state index < -0.39 is 0 Å². The van der Waals surface area contributed by atoms with Crippen molar-refractivity contribution in [3.63, 3.8) is 0 Å². The van der Waals surface area contributed by atoms with Crippen LogP contribution in [0.5, 0.6) is 0 Å². The number of methoxy groups -OCH3 is 1. The maximum absolute atomic E-state index is 12.5. The summed E-state index contributed by atoms with van der Waals surface area (Å²) in [5.74, 6) is 1.91. The molecular formula is C18H29N7O3S2. The molecule has 30 heavy (non-hydrogen) atoms. The van der Waals surface area contributed by atoms with Gasteiger partial charge in [0.25, 0.3) is 0 Å². The smallest absolute Gasteiger partial charge is 0.345 e. The molecule has 3 heterocycles. The molecule has 3 rings (SSSR count). The van der Waals surface area contributed by atoms with Crippen LogP contribution >= 0.6 is 23.1 Å². The van der Waals surface area contributed by atoms with Gasteiger partial charge >= 0.3 is 5.69 Å². The van der Waals surface area contributed by atoms with E-state index in [4.69, 9.17) is 4.74 Å². The van der Waals surface area contributed by atoms with Gasteiger partial charge in [-0.3, -0.25) is 19.6 Å². The van der Waals surface area contributed by atoms with Gasteiger partial charge in [-0.25, -0.2) is 9.48 Å². The summed E-state index contributed by atoms with van der Waals surface area (Å²) in [4.78, 5) is 27.0. The molecule has 1 N–H and O–H groups in total. The molecule has 1 saturated heterocycles. The Hall–Kier alpha value is -1.76. The molecule has 1 fully saturated rings. The highest BCUT2D eigenvalue weighted by Crippen LogP contribution is 2.27. The van der Waals surface area contributed by atoms with E-state index in [1.165, 1.54) is 16.0 Å². The van der Waals surface area contributed by atoms with Gasteiger partial charge in [0.05, 0.1) is 19.7 Å². The number of piperidine rings is 1. The Morgan fingerprint density at radius 3 is 2.73 bits per heavy atom. The van der Waals surface area contributed by atoms with E-state index in [9.17, 15) is 9.59 Å². The van der Waals surface area contributed by atoms with Crippen molar-refractivity contribution >= 4 is 34.1 Å². The highest BCUT2D eigenvalue weighted by Gasteiger charge is 2.27. The highest BCUT2D eigenvalue weighted by molar-refractivity contribution is 8.01. The predicted molar refractivity (Wildman–Crippen MR) is 117 cm³/mol. The Balaban J connectivity index is 1.53. The molecule has 0 spiro atoms. The molecule has 0 bridgehead atoms. The Morgan fingerprint density at radius 2 is 2.07 bits per heavy atom. The Bertz CT molecular complexity index is 887. The van der Waals surface area contributed by atoms with Crippen molar-refractivity contribution in [1.29, 1.82) is 0 Å². The number of aromatic nitrogens is 5. The average Bonchev–Trinajstić information content (AvgIpc) is 3.30. The SMILES string of the molecule is CCSc1nnc(NC(=O)CN2CCC(c3nn(CCOC)c(=O)n3CC)CC2)s1. The van der Waals surface area contributed by atoms with Gasteiger partial charge in [0.15, 0.2) is 4.34 Å². The molecule has 1 amide bonds. The maximum Gasteiger partial charge on any atom is 0.345 e. The van der Waals surface area contributed by atoms with Gasteiger partial charge in [-0.1, -0.05) is 30.0 Å². The highest BCUT2D eigenvalue weighted by atomic mass is 32.2. The van der Waals surface area contributed by atoms with Gasteiger partial charge in [0.2, 0.25) is 11.0 Å². The average molecular weight is 456 g/mol. The molecule has 2 aromatic heterocycles. The monoisotopic (exact) mass is 455 g/mol. The second-order valence-corrected chi connectivity index (χ2v) is 9.49. The van der Waals surface area contributed by atoms with Crippen molar-refractivity contribution in [1.82, 2.24) is 29.4 Å². The number of amides is 1. The first-order valence-corrected chi connectivity index (χ1v) is 12.0. The van der Waals surface area contributed by atoms with Crippen molar-refractivity contribution in [3.05, 3.63) is 16.3 Å². The van der Waals surface area contributed by atoms with Crippen LogP contribution in [0.3, 0.4) is 0 Å². The van der Waals surface area contributed by atoms with Gasteiger partial charge in [-0.05, 0) is 38.6 Å². The minimum Gasteiger partial charge on any atom is -0.383 e. The number of likely N-dealkylation sites (tertiary alicyclic amines) is 1.